The zero-order valence-electron chi connectivity index (χ0n) is 13.1. The van der Waals surface area contributed by atoms with Crippen molar-refractivity contribution in [1.29, 1.82) is 0 Å². The summed E-state index contributed by atoms with van der Waals surface area (Å²) in [5.41, 5.74) is 0.244. The molecule has 0 amide bonds. The predicted molar refractivity (Wildman–Crippen MR) is 80.5 cm³/mol. The summed E-state index contributed by atoms with van der Waals surface area (Å²) < 4.78 is 6.22. The molecule has 2 atom stereocenters. The maximum absolute atomic E-state index is 6.22. The van der Waals surface area contributed by atoms with Crippen LogP contribution in [0.15, 0.2) is 0 Å². The van der Waals surface area contributed by atoms with Crippen molar-refractivity contribution in [3.63, 3.8) is 0 Å². The topological polar surface area (TPSA) is 24.5 Å². The summed E-state index contributed by atoms with van der Waals surface area (Å²) >= 11 is 0. The molecule has 1 saturated carbocycles. The van der Waals surface area contributed by atoms with Crippen molar-refractivity contribution >= 4 is 0 Å². The Kier molecular flexibility index (Phi) is 5.67. The van der Waals surface area contributed by atoms with Gasteiger partial charge in [-0.3, -0.25) is 0 Å². The van der Waals surface area contributed by atoms with Crippen molar-refractivity contribution in [2.24, 2.45) is 5.92 Å². The van der Waals surface area contributed by atoms with Crippen LogP contribution in [0.4, 0.5) is 0 Å². The van der Waals surface area contributed by atoms with Crippen LogP contribution in [0.3, 0.4) is 0 Å². The molecular weight excluding hydrogens is 236 g/mol. The van der Waals surface area contributed by atoms with Crippen LogP contribution in [-0.4, -0.2) is 50.8 Å². The largest absolute Gasteiger partial charge is 0.375 e. The minimum atomic E-state index is 0.244. The van der Waals surface area contributed by atoms with E-state index in [-0.39, 0.29) is 5.60 Å². The molecule has 112 valence electrons. The molecule has 0 aromatic carbocycles. The number of ether oxygens (including phenoxy) is 1. The van der Waals surface area contributed by atoms with Gasteiger partial charge in [0.25, 0.3) is 0 Å². The first-order valence-electron chi connectivity index (χ1n) is 8.11. The standard InChI is InChI=1S/C16H32N2O/c1-17-15(7-11-18(2)3)14-8-12-19-16(13-14)9-5-4-6-10-16/h14-15,17H,4-13H2,1-3H3. The zero-order valence-corrected chi connectivity index (χ0v) is 13.1. The van der Waals surface area contributed by atoms with Gasteiger partial charge in [0.15, 0.2) is 0 Å². The third-order valence-corrected chi connectivity index (χ3v) is 5.12. The number of nitrogens with one attached hydrogen (secondary N) is 1. The fourth-order valence-electron chi connectivity index (χ4n) is 3.97. The molecule has 2 fully saturated rings. The van der Waals surface area contributed by atoms with E-state index in [0.717, 1.165) is 12.5 Å². The molecule has 1 spiro atoms. The second kappa shape index (κ2) is 7.05. The van der Waals surface area contributed by atoms with Gasteiger partial charge in [-0.2, -0.15) is 0 Å². The van der Waals surface area contributed by atoms with E-state index in [0.29, 0.717) is 6.04 Å². The van der Waals surface area contributed by atoms with E-state index in [4.69, 9.17) is 4.74 Å². The highest BCUT2D eigenvalue weighted by atomic mass is 16.5. The Labute approximate surface area is 119 Å². The van der Waals surface area contributed by atoms with Crippen molar-refractivity contribution in [3.8, 4) is 0 Å². The maximum atomic E-state index is 6.22. The van der Waals surface area contributed by atoms with Gasteiger partial charge in [-0.25, -0.2) is 0 Å². The zero-order chi connectivity index (χ0) is 13.7. The maximum Gasteiger partial charge on any atom is 0.0685 e. The highest BCUT2D eigenvalue weighted by molar-refractivity contribution is 4.93. The minimum Gasteiger partial charge on any atom is -0.375 e. The predicted octanol–water partition coefficient (Wildman–Crippen LogP) is 2.66. The van der Waals surface area contributed by atoms with E-state index in [1.54, 1.807) is 0 Å². The summed E-state index contributed by atoms with van der Waals surface area (Å²) in [5.74, 6) is 0.803. The Balaban J connectivity index is 1.90. The number of nitrogens with zero attached hydrogens (tertiary/aromatic N) is 1. The van der Waals surface area contributed by atoms with Crippen LogP contribution >= 0.6 is 0 Å². The van der Waals surface area contributed by atoms with Gasteiger partial charge in [0.1, 0.15) is 0 Å². The molecule has 3 heteroatoms. The summed E-state index contributed by atoms with van der Waals surface area (Å²) in [6.45, 7) is 2.15. The average molecular weight is 268 g/mol. The van der Waals surface area contributed by atoms with E-state index in [9.17, 15) is 0 Å². The molecule has 19 heavy (non-hydrogen) atoms. The molecule has 1 heterocycles. The Morgan fingerprint density at radius 3 is 2.63 bits per heavy atom. The molecular formula is C16H32N2O. The van der Waals surface area contributed by atoms with E-state index < -0.39 is 0 Å². The molecule has 2 aliphatic rings. The first kappa shape index (κ1) is 15.3. The van der Waals surface area contributed by atoms with Crippen LogP contribution < -0.4 is 5.32 Å². The molecule has 1 N–H and O–H groups in total. The Bertz CT molecular complexity index is 256. The highest BCUT2D eigenvalue weighted by Gasteiger charge is 2.40. The third-order valence-electron chi connectivity index (χ3n) is 5.12. The first-order valence-corrected chi connectivity index (χ1v) is 8.11. The van der Waals surface area contributed by atoms with Gasteiger partial charge in [-0.1, -0.05) is 19.3 Å². The van der Waals surface area contributed by atoms with Gasteiger partial charge in [-0.15, -0.1) is 0 Å². The lowest BCUT2D eigenvalue weighted by molar-refractivity contribution is -0.122. The van der Waals surface area contributed by atoms with Gasteiger partial charge in [-0.05, 0) is 65.7 Å². The molecule has 2 unspecified atom stereocenters. The first-order chi connectivity index (χ1) is 9.15. The molecule has 0 aromatic rings. The van der Waals surface area contributed by atoms with Crippen molar-refractivity contribution in [1.82, 2.24) is 10.2 Å². The quantitative estimate of drug-likeness (QED) is 0.829. The van der Waals surface area contributed by atoms with Crippen LogP contribution in [0.5, 0.6) is 0 Å². The number of hydrogen-bond donors (Lipinski definition) is 1. The molecule has 1 aliphatic carbocycles. The van der Waals surface area contributed by atoms with Gasteiger partial charge in [0.2, 0.25) is 0 Å². The van der Waals surface area contributed by atoms with E-state index in [1.807, 2.05) is 0 Å². The normalized spacial score (nSPS) is 28.7. The summed E-state index contributed by atoms with van der Waals surface area (Å²) in [6.07, 6.45) is 10.5. The molecule has 2 rings (SSSR count). The molecule has 0 radical (unpaired) electrons. The van der Waals surface area contributed by atoms with Crippen molar-refractivity contribution < 1.29 is 4.74 Å². The smallest absolute Gasteiger partial charge is 0.0685 e. The number of hydrogen-bond acceptors (Lipinski definition) is 3. The summed E-state index contributed by atoms with van der Waals surface area (Å²) in [4.78, 5) is 2.29. The Morgan fingerprint density at radius 1 is 1.26 bits per heavy atom. The van der Waals surface area contributed by atoms with Crippen molar-refractivity contribution in [2.75, 3.05) is 34.3 Å². The fourth-order valence-corrected chi connectivity index (χ4v) is 3.97. The van der Waals surface area contributed by atoms with Crippen LogP contribution in [0.1, 0.15) is 51.4 Å². The number of rotatable bonds is 5. The monoisotopic (exact) mass is 268 g/mol. The van der Waals surface area contributed by atoms with Gasteiger partial charge in [0, 0.05) is 12.6 Å². The van der Waals surface area contributed by atoms with Crippen molar-refractivity contribution in [3.05, 3.63) is 0 Å². The van der Waals surface area contributed by atoms with Crippen LogP contribution in [-0.2, 0) is 4.74 Å². The molecule has 1 aliphatic heterocycles. The highest BCUT2D eigenvalue weighted by Crippen LogP contribution is 2.41. The van der Waals surface area contributed by atoms with Gasteiger partial charge < -0.3 is 15.0 Å². The fraction of sp³-hybridized carbons (Fsp3) is 1.00. The van der Waals surface area contributed by atoms with Crippen molar-refractivity contribution in [2.45, 2.75) is 63.0 Å². The van der Waals surface area contributed by atoms with Crippen LogP contribution in [0.2, 0.25) is 0 Å². The summed E-state index contributed by atoms with van der Waals surface area (Å²) in [6, 6.07) is 0.658. The Morgan fingerprint density at radius 2 is 2.00 bits per heavy atom. The van der Waals surface area contributed by atoms with Crippen LogP contribution in [0.25, 0.3) is 0 Å². The van der Waals surface area contributed by atoms with Crippen LogP contribution in [0, 0.1) is 5.92 Å². The van der Waals surface area contributed by atoms with E-state index in [2.05, 4.69) is 31.4 Å². The lowest BCUT2D eigenvalue weighted by atomic mass is 9.73. The lowest BCUT2D eigenvalue weighted by Crippen LogP contribution is -2.47. The Hall–Kier alpha value is -0.120. The van der Waals surface area contributed by atoms with Gasteiger partial charge in [0.05, 0.1) is 5.60 Å². The second-order valence-electron chi connectivity index (χ2n) is 6.83. The summed E-state index contributed by atoms with van der Waals surface area (Å²) in [7, 11) is 6.46. The van der Waals surface area contributed by atoms with Gasteiger partial charge >= 0.3 is 0 Å². The minimum absolute atomic E-state index is 0.244. The van der Waals surface area contributed by atoms with E-state index >= 15 is 0 Å². The SMILES string of the molecule is CNC(CCN(C)C)C1CCOC2(CCCCC2)C1. The lowest BCUT2D eigenvalue weighted by Gasteiger charge is -2.45. The summed E-state index contributed by atoms with van der Waals surface area (Å²) in [5, 5.41) is 3.57. The second-order valence-corrected chi connectivity index (χ2v) is 6.83. The molecule has 1 saturated heterocycles. The third kappa shape index (κ3) is 4.17. The molecule has 0 bridgehead atoms. The van der Waals surface area contributed by atoms with E-state index in [1.165, 1.54) is 57.9 Å². The molecule has 0 aromatic heterocycles. The molecule has 3 nitrogen and oxygen atoms in total. The average Bonchev–Trinajstić information content (AvgIpc) is 2.40.